The Morgan fingerprint density at radius 1 is 0.543 bits per heavy atom. The summed E-state index contributed by atoms with van der Waals surface area (Å²) >= 11 is 0. The lowest BCUT2D eigenvalue weighted by molar-refractivity contribution is -0.00000709. The summed E-state index contributed by atoms with van der Waals surface area (Å²) in [5.74, 6) is 0. The molecule has 0 unspecified atom stereocenters. The lowest BCUT2D eigenvalue weighted by Crippen LogP contribution is -3.00. The summed E-state index contributed by atoms with van der Waals surface area (Å²) in [4.78, 5) is 0. The van der Waals surface area contributed by atoms with Crippen molar-refractivity contribution in [2.24, 2.45) is 0 Å². The zero-order valence-corrected chi connectivity index (χ0v) is 24.8. The van der Waals surface area contributed by atoms with E-state index in [1.54, 1.807) is 0 Å². The molecule has 0 heterocycles. The Balaban J connectivity index is 0.00000432. The van der Waals surface area contributed by atoms with Crippen molar-refractivity contribution in [2.75, 3.05) is 6.16 Å². The van der Waals surface area contributed by atoms with Gasteiger partial charge in [-0.1, -0.05) is 83.5 Å². The lowest BCUT2D eigenvalue weighted by atomic mass is 10.1. The molecule has 0 aliphatic rings. The van der Waals surface area contributed by atoms with Crippen molar-refractivity contribution in [3.63, 3.8) is 0 Å². The van der Waals surface area contributed by atoms with Gasteiger partial charge in [-0.2, -0.15) is 0 Å². The largest absolute Gasteiger partial charge is 1.00 e. The van der Waals surface area contributed by atoms with Crippen LogP contribution in [0.1, 0.15) is 53.4 Å². The van der Waals surface area contributed by atoms with Crippen molar-refractivity contribution in [1.29, 1.82) is 0 Å². The molecular formula is C33H40IP. The van der Waals surface area contributed by atoms with Crippen molar-refractivity contribution in [3.8, 4) is 0 Å². The highest BCUT2D eigenvalue weighted by Gasteiger charge is 2.44. The average molecular weight is 595 g/mol. The van der Waals surface area contributed by atoms with Gasteiger partial charge in [-0.3, -0.25) is 0 Å². The number of halogens is 1. The molecule has 3 aromatic rings. The maximum Gasteiger partial charge on any atom is 0.115 e. The molecule has 0 saturated heterocycles. The molecule has 0 aliphatic carbocycles. The Hall–Kier alpha value is -1.96. The number of hydrogen-bond acceptors (Lipinski definition) is 0. The van der Waals surface area contributed by atoms with Crippen molar-refractivity contribution in [3.05, 3.63) is 126 Å². The van der Waals surface area contributed by atoms with Gasteiger partial charge in [0.25, 0.3) is 0 Å². The minimum atomic E-state index is -1.78. The SMILES string of the molecule is CC(C)=CCC/C(C)=C/CC/C(C)=C/C[P+](c1ccccc1)(c1ccccc1)c1ccccc1.[I-]. The Labute approximate surface area is 231 Å². The number of hydrogen-bond donors (Lipinski definition) is 0. The van der Waals surface area contributed by atoms with Gasteiger partial charge in [0.2, 0.25) is 0 Å². The van der Waals surface area contributed by atoms with Crippen LogP contribution >= 0.6 is 7.26 Å². The zero-order chi connectivity index (χ0) is 24.2. The Bertz CT molecular complexity index is 995. The van der Waals surface area contributed by atoms with E-state index < -0.39 is 7.26 Å². The maximum absolute atomic E-state index is 2.52. The van der Waals surface area contributed by atoms with E-state index >= 15 is 0 Å². The van der Waals surface area contributed by atoms with Crippen LogP contribution in [0.3, 0.4) is 0 Å². The summed E-state index contributed by atoms with van der Waals surface area (Å²) in [6, 6.07) is 33.5. The number of rotatable bonds is 11. The molecule has 0 atom stereocenters. The second-order valence-electron chi connectivity index (χ2n) is 9.46. The molecule has 0 radical (unpaired) electrons. The van der Waals surface area contributed by atoms with Crippen LogP contribution < -0.4 is 39.9 Å². The first-order chi connectivity index (χ1) is 16.5. The molecule has 0 aliphatic heterocycles. The highest BCUT2D eigenvalue weighted by Crippen LogP contribution is 2.55. The van der Waals surface area contributed by atoms with E-state index in [2.05, 4.69) is 137 Å². The summed E-state index contributed by atoms with van der Waals surface area (Å²) < 4.78 is 0. The first-order valence-corrected chi connectivity index (χ1v) is 14.5. The summed E-state index contributed by atoms with van der Waals surface area (Å²) in [6.45, 7) is 8.93. The third-order valence-corrected chi connectivity index (χ3v) is 10.7. The monoisotopic (exact) mass is 594 g/mol. The van der Waals surface area contributed by atoms with E-state index in [4.69, 9.17) is 0 Å². The van der Waals surface area contributed by atoms with Crippen LogP contribution in [-0.2, 0) is 0 Å². The molecule has 3 aromatic carbocycles. The quantitative estimate of drug-likeness (QED) is 0.159. The molecule has 35 heavy (non-hydrogen) atoms. The van der Waals surface area contributed by atoms with Crippen LogP contribution in [0.5, 0.6) is 0 Å². The fraction of sp³-hybridized carbons (Fsp3) is 0.273. The van der Waals surface area contributed by atoms with Crippen LogP contribution in [-0.4, -0.2) is 6.16 Å². The minimum absolute atomic E-state index is 0. The molecular weight excluding hydrogens is 554 g/mol. The van der Waals surface area contributed by atoms with Crippen LogP contribution in [0.2, 0.25) is 0 Å². The highest BCUT2D eigenvalue weighted by atomic mass is 127. The molecule has 0 N–H and O–H groups in total. The van der Waals surface area contributed by atoms with Crippen molar-refractivity contribution < 1.29 is 24.0 Å². The molecule has 0 nitrogen and oxygen atoms in total. The van der Waals surface area contributed by atoms with E-state index in [0.29, 0.717) is 0 Å². The molecule has 0 fully saturated rings. The normalized spacial score (nSPS) is 12.1. The minimum Gasteiger partial charge on any atom is -1.00 e. The molecule has 184 valence electrons. The van der Waals surface area contributed by atoms with Gasteiger partial charge < -0.3 is 24.0 Å². The van der Waals surface area contributed by atoms with Gasteiger partial charge in [0.05, 0.1) is 6.16 Å². The molecule has 2 heteroatoms. The van der Waals surface area contributed by atoms with Gasteiger partial charge in [-0.25, -0.2) is 0 Å². The molecule has 0 amide bonds. The molecule has 0 spiro atoms. The van der Waals surface area contributed by atoms with Crippen molar-refractivity contribution in [1.82, 2.24) is 0 Å². The van der Waals surface area contributed by atoms with Crippen LogP contribution in [0.25, 0.3) is 0 Å². The van der Waals surface area contributed by atoms with Crippen molar-refractivity contribution >= 4 is 23.2 Å². The molecule has 0 aromatic heterocycles. The smallest absolute Gasteiger partial charge is 0.115 e. The third-order valence-electron chi connectivity index (χ3n) is 6.43. The summed E-state index contributed by atoms with van der Waals surface area (Å²) in [5, 5.41) is 4.35. The van der Waals surface area contributed by atoms with Gasteiger partial charge >= 0.3 is 0 Å². The zero-order valence-electron chi connectivity index (χ0n) is 21.8. The van der Waals surface area contributed by atoms with Crippen molar-refractivity contribution in [2.45, 2.75) is 53.4 Å². The standard InChI is InChI=1S/C33H40P.HI/c1-28(2)16-14-17-29(3)18-15-19-30(4)26-27-34(31-20-8-5-9-21-31,32-22-10-6-11-23-32)33-24-12-7-13-25-33;/h5-13,16,18,20-26H,14-15,17,19,27H2,1-4H3;1H/q+1;/p-1/b29-18+,30-26+;. The summed E-state index contributed by atoms with van der Waals surface area (Å²) in [7, 11) is -1.78. The molecule has 0 saturated carbocycles. The second-order valence-corrected chi connectivity index (χ2v) is 13.0. The van der Waals surface area contributed by atoms with Gasteiger partial charge in [-0.05, 0) is 95.9 Å². The van der Waals surface area contributed by atoms with E-state index in [1.807, 2.05) is 0 Å². The third kappa shape index (κ3) is 8.58. The number of benzene rings is 3. The van der Waals surface area contributed by atoms with E-state index in [-0.39, 0.29) is 24.0 Å². The van der Waals surface area contributed by atoms with Gasteiger partial charge in [-0.15, -0.1) is 0 Å². The summed E-state index contributed by atoms with van der Waals surface area (Å²) in [6.07, 6.45) is 12.9. The average Bonchev–Trinajstić information content (AvgIpc) is 2.86. The van der Waals surface area contributed by atoms with E-state index in [9.17, 15) is 0 Å². The molecule has 3 rings (SSSR count). The lowest BCUT2D eigenvalue weighted by Gasteiger charge is -2.27. The van der Waals surface area contributed by atoms with E-state index in [0.717, 1.165) is 25.4 Å². The van der Waals surface area contributed by atoms with Gasteiger partial charge in [0.1, 0.15) is 23.2 Å². The topological polar surface area (TPSA) is 0 Å². The van der Waals surface area contributed by atoms with Crippen LogP contribution in [0.15, 0.2) is 126 Å². The second kappa shape index (κ2) is 15.2. The summed E-state index contributed by atoms with van der Waals surface area (Å²) in [5.41, 5.74) is 4.40. The number of allylic oxidation sites excluding steroid dienone is 6. The maximum atomic E-state index is 2.52. The Morgan fingerprint density at radius 3 is 1.31 bits per heavy atom. The predicted molar refractivity (Wildman–Crippen MR) is 155 cm³/mol. The Morgan fingerprint density at radius 2 is 0.914 bits per heavy atom. The fourth-order valence-corrected chi connectivity index (χ4v) is 8.60. The molecule has 0 bridgehead atoms. The highest BCUT2D eigenvalue weighted by molar-refractivity contribution is 7.95. The van der Waals surface area contributed by atoms with Crippen LogP contribution in [0, 0.1) is 0 Å². The first kappa shape index (κ1) is 29.3. The van der Waals surface area contributed by atoms with E-state index in [1.165, 1.54) is 39.1 Å². The predicted octanol–water partition coefficient (Wildman–Crippen LogP) is 5.40. The van der Waals surface area contributed by atoms with Gasteiger partial charge in [0.15, 0.2) is 0 Å². The van der Waals surface area contributed by atoms with Gasteiger partial charge in [0, 0.05) is 0 Å². The first-order valence-electron chi connectivity index (χ1n) is 12.5. The van der Waals surface area contributed by atoms with Crippen LogP contribution in [0.4, 0.5) is 0 Å². The Kier molecular flexibility index (Phi) is 12.7. The fourth-order valence-electron chi connectivity index (χ4n) is 4.44.